The highest BCUT2D eigenvalue weighted by molar-refractivity contribution is 5.09. The normalized spacial score (nSPS) is 10.7. The molecule has 2 aromatic heterocycles. The topological polar surface area (TPSA) is 55.9 Å². The molecule has 14 heavy (non-hydrogen) atoms. The standard InChI is InChI=1S/C9H12N4O/c1-12-7-10-11-9(12)5-13-3-2-8(4-13)6-14/h2-4,7,14H,5-6H2,1H3. The largest absolute Gasteiger partial charge is 0.392 e. The van der Waals surface area contributed by atoms with Crippen LogP contribution >= 0.6 is 0 Å². The van der Waals surface area contributed by atoms with Crippen LogP contribution in [0, 0.1) is 0 Å². The van der Waals surface area contributed by atoms with Gasteiger partial charge in [-0.3, -0.25) is 0 Å². The first-order valence-electron chi connectivity index (χ1n) is 4.38. The molecule has 0 aliphatic carbocycles. The van der Waals surface area contributed by atoms with Gasteiger partial charge in [0, 0.05) is 19.4 Å². The fourth-order valence-corrected chi connectivity index (χ4v) is 1.30. The van der Waals surface area contributed by atoms with Gasteiger partial charge in [0.25, 0.3) is 0 Å². The first-order valence-corrected chi connectivity index (χ1v) is 4.38. The number of aromatic nitrogens is 4. The van der Waals surface area contributed by atoms with E-state index in [9.17, 15) is 0 Å². The minimum atomic E-state index is 0.0752. The van der Waals surface area contributed by atoms with E-state index >= 15 is 0 Å². The Morgan fingerprint density at radius 2 is 2.36 bits per heavy atom. The van der Waals surface area contributed by atoms with Gasteiger partial charge in [-0.1, -0.05) is 0 Å². The van der Waals surface area contributed by atoms with E-state index in [1.807, 2.05) is 34.6 Å². The van der Waals surface area contributed by atoms with Crippen molar-refractivity contribution < 1.29 is 5.11 Å². The highest BCUT2D eigenvalue weighted by Crippen LogP contribution is 2.03. The van der Waals surface area contributed by atoms with Gasteiger partial charge in [0.2, 0.25) is 0 Å². The Morgan fingerprint density at radius 3 is 2.93 bits per heavy atom. The molecule has 1 N–H and O–H groups in total. The van der Waals surface area contributed by atoms with Gasteiger partial charge < -0.3 is 14.2 Å². The van der Waals surface area contributed by atoms with E-state index in [4.69, 9.17) is 5.11 Å². The smallest absolute Gasteiger partial charge is 0.152 e. The average molecular weight is 192 g/mol. The van der Waals surface area contributed by atoms with Gasteiger partial charge in [0.1, 0.15) is 6.33 Å². The van der Waals surface area contributed by atoms with Crippen LogP contribution in [0.1, 0.15) is 11.4 Å². The van der Waals surface area contributed by atoms with Gasteiger partial charge in [-0.2, -0.15) is 0 Å². The zero-order valence-electron chi connectivity index (χ0n) is 7.96. The SMILES string of the molecule is Cn1cnnc1Cn1ccc(CO)c1. The van der Waals surface area contributed by atoms with Crippen LogP contribution in [0.25, 0.3) is 0 Å². The molecule has 2 aromatic rings. The van der Waals surface area contributed by atoms with Crippen LogP contribution in [-0.4, -0.2) is 24.4 Å². The van der Waals surface area contributed by atoms with Crippen molar-refractivity contribution in [1.82, 2.24) is 19.3 Å². The Hall–Kier alpha value is -1.62. The van der Waals surface area contributed by atoms with Gasteiger partial charge in [-0.25, -0.2) is 0 Å². The maximum Gasteiger partial charge on any atom is 0.152 e. The molecular formula is C9H12N4O. The third-order valence-corrected chi connectivity index (χ3v) is 2.12. The van der Waals surface area contributed by atoms with Crippen molar-refractivity contribution in [3.8, 4) is 0 Å². The lowest BCUT2D eigenvalue weighted by Crippen LogP contribution is -2.03. The molecule has 0 fully saturated rings. The van der Waals surface area contributed by atoms with Crippen molar-refractivity contribution in [2.45, 2.75) is 13.2 Å². The Bertz CT molecular complexity index is 418. The summed E-state index contributed by atoms with van der Waals surface area (Å²) in [6.45, 7) is 0.752. The van der Waals surface area contributed by atoms with Gasteiger partial charge in [0.15, 0.2) is 5.82 Å². The molecule has 5 heteroatoms. The van der Waals surface area contributed by atoms with E-state index in [1.165, 1.54) is 0 Å². The highest BCUT2D eigenvalue weighted by atomic mass is 16.3. The average Bonchev–Trinajstić information content (AvgIpc) is 2.77. The summed E-state index contributed by atoms with van der Waals surface area (Å²) in [4.78, 5) is 0. The summed E-state index contributed by atoms with van der Waals surface area (Å²) in [7, 11) is 1.91. The quantitative estimate of drug-likeness (QED) is 0.753. The van der Waals surface area contributed by atoms with Gasteiger partial charge in [-0.05, 0) is 11.6 Å². The van der Waals surface area contributed by atoms with Crippen molar-refractivity contribution >= 4 is 0 Å². The van der Waals surface area contributed by atoms with Crippen molar-refractivity contribution in [3.05, 3.63) is 36.2 Å². The summed E-state index contributed by atoms with van der Waals surface area (Å²) >= 11 is 0. The second kappa shape index (κ2) is 3.63. The molecule has 0 aromatic carbocycles. The third kappa shape index (κ3) is 1.67. The van der Waals surface area contributed by atoms with Gasteiger partial charge >= 0.3 is 0 Å². The first-order chi connectivity index (χ1) is 6.79. The van der Waals surface area contributed by atoms with E-state index in [1.54, 1.807) is 6.33 Å². The number of rotatable bonds is 3. The molecular weight excluding hydrogens is 180 g/mol. The Balaban J connectivity index is 2.15. The maximum atomic E-state index is 8.89. The summed E-state index contributed by atoms with van der Waals surface area (Å²) in [6, 6.07) is 1.89. The Morgan fingerprint density at radius 1 is 1.50 bits per heavy atom. The lowest BCUT2D eigenvalue weighted by molar-refractivity contribution is 0.281. The van der Waals surface area contributed by atoms with Crippen LogP contribution in [0.4, 0.5) is 0 Å². The molecule has 0 bridgehead atoms. The summed E-state index contributed by atoms with van der Waals surface area (Å²) in [5, 5.41) is 16.7. The van der Waals surface area contributed by atoms with E-state index in [2.05, 4.69) is 10.2 Å². The lowest BCUT2D eigenvalue weighted by Gasteiger charge is -2.01. The van der Waals surface area contributed by atoms with Crippen LogP contribution in [0.15, 0.2) is 24.8 Å². The van der Waals surface area contributed by atoms with E-state index in [-0.39, 0.29) is 6.61 Å². The monoisotopic (exact) mass is 192 g/mol. The molecule has 2 heterocycles. The number of aliphatic hydroxyl groups excluding tert-OH is 1. The van der Waals surface area contributed by atoms with E-state index in [0.29, 0.717) is 6.54 Å². The van der Waals surface area contributed by atoms with Gasteiger partial charge in [0.05, 0.1) is 13.2 Å². The van der Waals surface area contributed by atoms with Crippen molar-refractivity contribution in [1.29, 1.82) is 0 Å². The molecule has 0 amide bonds. The van der Waals surface area contributed by atoms with E-state index in [0.717, 1.165) is 11.4 Å². The van der Waals surface area contributed by atoms with Crippen molar-refractivity contribution in [3.63, 3.8) is 0 Å². The zero-order valence-corrected chi connectivity index (χ0v) is 7.96. The van der Waals surface area contributed by atoms with Gasteiger partial charge in [-0.15, -0.1) is 10.2 Å². The Labute approximate surface area is 81.6 Å². The molecule has 0 aliphatic heterocycles. The fourth-order valence-electron chi connectivity index (χ4n) is 1.30. The number of aliphatic hydroxyl groups is 1. The van der Waals surface area contributed by atoms with Crippen molar-refractivity contribution in [2.24, 2.45) is 7.05 Å². The van der Waals surface area contributed by atoms with Crippen LogP contribution < -0.4 is 0 Å². The summed E-state index contributed by atoms with van der Waals surface area (Å²) in [6.07, 6.45) is 5.49. The molecule has 74 valence electrons. The predicted molar refractivity (Wildman–Crippen MR) is 50.5 cm³/mol. The molecule has 0 atom stereocenters. The number of hydrogen-bond donors (Lipinski definition) is 1. The minimum absolute atomic E-state index is 0.0752. The van der Waals surface area contributed by atoms with Crippen molar-refractivity contribution in [2.75, 3.05) is 0 Å². The predicted octanol–water partition coefficient (Wildman–Crippen LogP) is 0.157. The highest BCUT2D eigenvalue weighted by Gasteiger charge is 2.01. The molecule has 5 nitrogen and oxygen atoms in total. The number of hydrogen-bond acceptors (Lipinski definition) is 3. The number of aryl methyl sites for hydroxylation is 1. The van der Waals surface area contributed by atoms with Crippen LogP contribution in [0.3, 0.4) is 0 Å². The molecule has 0 saturated carbocycles. The molecule has 0 saturated heterocycles. The maximum absolute atomic E-state index is 8.89. The summed E-state index contributed by atoms with van der Waals surface area (Å²) in [5.74, 6) is 0.894. The molecule has 0 radical (unpaired) electrons. The molecule has 0 spiro atoms. The van der Waals surface area contributed by atoms with E-state index < -0.39 is 0 Å². The summed E-state index contributed by atoms with van der Waals surface area (Å²) in [5.41, 5.74) is 0.909. The second-order valence-electron chi connectivity index (χ2n) is 3.21. The third-order valence-electron chi connectivity index (χ3n) is 2.12. The van der Waals surface area contributed by atoms with Crippen LogP contribution in [0.5, 0.6) is 0 Å². The molecule has 0 unspecified atom stereocenters. The number of nitrogens with zero attached hydrogens (tertiary/aromatic N) is 4. The first kappa shape index (κ1) is 8.96. The summed E-state index contributed by atoms with van der Waals surface area (Å²) < 4.78 is 3.84. The Kier molecular flexibility index (Phi) is 2.32. The second-order valence-corrected chi connectivity index (χ2v) is 3.21. The molecule has 0 aliphatic rings. The van der Waals surface area contributed by atoms with Crippen LogP contribution in [0.2, 0.25) is 0 Å². The minimum Gasteiger partial charge on any atom is -0.392 e. The fraction of sp³-hybridized carbons (Fsp3) is 0.333. The van der Waals surface area contributed by atoms with Crippen LogP contribution in [-0.2, 0) is 20.2 Å². The molecule has 2 rings (SSSR count). The lowest BCUT2D eigenvalue weighted by atomic mass is 10.4. The zero-order chi connectivity index (χ0) is 9.97.